The maximum absolute atomic E-state index is 12.2. The van der Waals surface area contributed by atoms with Gasteiger partial charge in [-0.15, -0.1) is 0 Å². The van der Waals surface area contributed by atoms with Crippen molar-refractivity contribution in [3.63, 3.8) is 0 Å². The summed E-state index contributed by atoms with van der Waals surface area (Å²) in [5, 5.41) is 11.1. The molecule has 2 N–H and O–H groups in total. The van der Waals surface area contributed by atoms with E-state index in [-0.39, 0.29) is 17.2 Å². The highest BCUT2D eigenvalue weighted by Gasteiger charge is 2.19. The molecule has 0 atom stereocenters. The molecule has 1 aromatic heterocycles. The normalized spacial score (nSPS) is 10.7. The van der Waals surface area contributed by atoms with Crippen LogP contribution in [-0.4, -0.2) is 28.0 Å². The Labute approximate surface area is 168 Å². The first kappa shape index (κ1) is 20.3. The fourth-order valence-corrected chi connectivity index (χ4v) is 2.58. The fraction of sp³-hybridized carbons (Fsp3) is 0.0500. The highest BCUT2D eigenvalue weighted by molar-refractivity contribution is 5.91. The highest BCUT2D eigenvalue weighted by Crippen LogP contribution is 2.29. The first-order chi connectivity index (χ1) is 14.4. The second kappa shape index (κ2) is 8.69. The molecule has 0 aliphatic rings. The lowest BCUT2D eigenvalue weighted by atomic mass is 10.1. The molecule has 2 aromatic carbocycles. The Bertz CT molecular complexity index is 1240. The smallest absolute Gasteiger partial charge is 0.357 e. The molecule has 0 bridgehead atoms. The van der Waals surface area contributed by atoms with Gasteiger partial charge in [0.05, 0.1) is 17.6 Å². The summed E-state index contributed by atoms with van der Waals surface area (Å²) >= 11 is 0. The van der Waals surface area contributed by atoms with Crippen LogP contribution in [0.5, 0.6) is 11.5 Å². The zero-order chi connectivity index (χ0) is 21.7. The van der Waals surface area contributed by atoms with Crippen LogP contribution in [0, 0.1) is 10.1 Å². The Hall–Kier alpha value is -4.47. The highest BCUT2D eigenvalue weighted by atomic mass is 16.6. The van der Waals surface area contributed by atoms with E-state index < -0.39 is 27.8 Å². The van der Waals surface area contributed by atoms with Crippen LogP contribution >= 0.6 is 0 Å². The fourth-order valence-electron chi connectivity index (χ4n) is 2.58. The Kier molecular flexibility index (Phi) is 5.87. The number of nitro groups is 1. The molecule has 3 aromatic rings. The number of hydrogen-bond donors (Lipinski definition) is 2. The van der Waals surface area contributed by atoms with Gasteiger partial charge in [0.25, 0.3) is 0 Å². The van der Waals surface area contributed by atoms with Gasteiger partial charge in [-0.1, -0.05) is 30.3 Å². The van der Waals surface area contributed by atoms with Gasteiger partial charge in [0.1, 0.15) is 5.69 Å². The number of nitrogens with zero attached hydrogens (tertiary/aromatic N) is 1. The second-order valence-corrected chi connectivity index (χ2v) is 5.93. The number of carbonyl (C=O) groups is 1. The van der Waals surface area contributed by atoms with E-state index in [9.17, 15) is 24.5 Å². The molecule has 0 fully saturated rings. The third-order valence-corrected chi connectivity index (χ3v) is 3.97. The van der Waals surface area contributed by atoms with Gasteiger partial charge in [-0.25, -0.2) is 9.59 Å². The number of methoxy groups -OCH3 is 1. The summed E-state index contributed by atoms with van der Waals surface area (Å²) in [5.74, 6) is -0.136. The lowest BCUT2D eigenvalue weighted by molar-refractivity contribution is -0.386. The van der Waals surface area contributed by atoms with Crippen LogP contribution in [0.1, 0.15) is 21.6 Å². The van der Waals surface area contributed by atoms with Crippen LogP contribution in [0.3, 0.4) is 0 Å². The lowest BCUT2D eigenvalue weighted by Gasteiger charge is -2.10. The molecule has 0 unspecified atom stereocenters. The summed E-state index contributed by atoms with van der Waals surface area (Å²) in [6.45, 7) is 0. The summed E-state index contributed by atoms with van der Waals surface area (Å²) < 4.78 is 10.6. The standard InChI is InChI=1S/C20H15N3O7/c1-29-16-11-12(7-9-14-17(23(27)28)18(24)22-20(26)21-14)8-10-15(16)30-19(25)13-5-3-2-4-6-13/h2-11H,1H3,(H2,21,22,24,26). The average Bonchev–Trinajstić information content (AvgIpc) is 2.72. The van der Waals surface area contributed by atoms with Crippen molar-refractivity contribution in [1.82, 2.24) is 9.97 Å². The number of aromatic amines is 2. The molecule has 10 heteroatoms. The van der Waals surface area contributed by atoms with E-state index in [0.717, 1.165) is 0 Å². The van der Waals surface area contributed by atoms with E-state index in [4.69, 9.17) is 9.47 Å². The van der Waals surface area contributed by atoms with E-state index in [1.807, 2.05) is 0 Å². The van der Waals surface area contributed by atoms with Crippen LogP contribution < -0.4 is 20.7 Å². The second-order valence-electron chi connectivity index (χ2n) is 5.93. The van der Waals surface area contributed by atoms with Crippen LogP contribution in [-0.2, 0) is 0 Å². The molecule has 0 saturated carbocycles. The Morgan fingerprint density at radius 2 is 1.77 bits per heavy atom. The van der Waals surface area contributed by atoms with Gasteiger partial charge in [0, 0.05) is 0 Å². The van der Waals surface area contributed by atoms with Crippen molar-refractivity contribution in [2.75, 3.05) is 7.11 Å². The van der Waals surface area contributed by atoms with E-state index in [1.54, 1.807) is 41.4 Å². The van der Waals surface area contributed by atoms with Crippen molar-refractivity contribution < 1.29 is 19.2 Å². The minimum atomic E-state index is -1.11. The molecule has 0 saturated heterocycles. The molecule has 0 spiro atoms. The molecule has 3 rings (SSSR count). The molecular weight excluding hydrogens is 394 g/mol. The van der Waals surface area contributed by atoms with Crippen molar-refractivity contribution in [3.8, 4) is 11.5 Å². The number of nitrogens with one attached hydrogen (secondary N) is 2. The summed E-state index contributed by atoms with van der Waals surface area (Å²) in [5.41, 5.74) is -2.13. The van der Waals surface area contributed by atoms with E-state index in [1.165, 1.54) is 31.4 Å². The topological polar surface area (TPSA) is 144 Å². The predicted molar refractivity (Wildman–Crippen MR) is 108 cm³/mol. The van der Waals surface area contributed by atoms with Crippen LogP contribution in [0.2, 0.25) is 0 Å². The Morgan fingerprint density at radius 1 is 1.03 bits per heavy atom. The number of esters is 1. The van der Waals surface area contributed by atoms with E-state index in [0.29, 0.717) is 11.1 Å². The third kappa shape index (κ3) is 4.50. The SMILES string of the molecule is COc1cc(C=Cc2[nH]c(=O)[nH]c(=O)c2[N+](=O)[O-])ccc1OC(=O)c1ccccc1. The predicted octanol–water partition coefficient (Wildman–Crippen LogP) is 2.37. The van der Waals surface area contributed by atoms with Crippen molar-refractivity contribution >= 4 is 23.8 Å². The van der Waals surface area contributed by atoms with Crippen LogP contribution in [0.4, 0.5) is 5.69 Å². The molecule has 0 aliphatic carbocycles. The van der Waals surface area contributed by atoms with E-state index >= 15 is 0 Å². The number of carbonyl (C=O) groups excluding carboxylic acids is 1. The van der Waals surface area contributed by atoms with Gasteiger partial charge in [-0.2, -0.15) is 0 Å². The molecule has 0 radical (unpaired) electrons. The van der Waals surface area contributed by atoms with Crippen molar-refractivity contribution in [2.45, 2.75) is 0 Å². The maximum atomic E-state index is 12.2. The molecule has 152 valence electrons. The summed E-state index contributed by atoms with van der Waals surface area (Å²) in [7, 11) is 1.39. The number of aromatic nitrogens is 2. The Balaban J connectivity index is 1.89. The minimum absolute atomic E-state index is 0.180. The lowest BCUT2D eigenvalue weighted by Crippen LogP contribution is -2.25. The van der Waals surface area contributed by atoms with Crippen molar-refractivity contribution in [3.05, 3.63) is 96.3 Å². The van der Waals surface area contributed by atoms with Gasteiger partial charge in [0.15, 0.2) is 11.5 Å². The summed E-state index contributed by atoms with van der Waals surface area (Å²) in [6, 6.07) is 13.0. The monoisotopic (exact) mass is 409 g/mol. The number of H-pyrrole nitrogens is 2. The number of hydrogen-bond acceptors (Lipinski definition) is 7. The van der Waals surface area contributed by atoms with Crippen molar-refractivity contribution in [2.24, 2.45) is 0 Å². The number of benzene rings is 2. The van der Waals surface area contributed by atoms with Gasteiger partial charge in [-0.05, 0) is 35.9 Å². The van der Waals surface area contributed by atoms with Crippen LogP contribution in [0.15, 0.2) is 58.1 Å². The molecular formula is C20H15N3O7. The van der Waals surface area contributed by atoms with Gasteiger partial charge < -0.3 is 14.5 Å². The van der Waals surface area contributed by atoms with Gasteiger partial charge in [0.2, 0.25) is 0 Å². The zero-order valence-electron chi connectivity index (χ0n) is 15.6. The van der Waals surface area contributed by atoms with Gasteiger partial charge >= 0.3 is 22.9 Å². The molecule has 30 heavy (non-hydrogen) atoms. The number of ether oxygens (including phenoxy) is 2. The summed E-state index contributed by atoms with van der Waals surface area (Å²) in [6.07, 6.45) is 2.65. The van der Waals surface area contributed by atoms with Crippen LogP contribution in [0.25, 0.3) is 12.2 Å². The molecule has 1 heterocycles. The molecule has 10 nitrogen and oxygen atoms in total. The van der Waals surface area contributed by atoms with E-state index in [2.05, 4.69) is 4.98 Å². The Morgan fingerprint density at radius 3 is 2.43 bits per heavy atom. The third-order valence-electron chi connectivity index (χ3n) is 3.97. The largest absolute Gasteiger partial charge is 0.493 e. The average molecular weight is 409 g/mol. The quantitative estimate of drug-likeness (QED) is 0.275. The number of rotatable bonds is 6. The minimum Gasteiger partial charge on any atom is -0.493 e. The first-order valence-electron chi connectivity index (χ1n) is 8.53. The molecule has 0 amide bonds. The van der Waals surface area contributed by atoms with Gasteiger partial charge in [-0.3, -0.25) is 19.9 Å². The zero-order valence-corrected chi connectivity index (χ0v) is 15.6. The van der Waals surface area contributed by atoms with Crippen molar-refractivity contribution in [1.29, 1.82) is 0 Å². The summed E-state index contributed by atoms with van der Waals surface area (Å²) in [4.78, 5) is 49.5. The first-order valence-corrected chi connectivity index (χ1v) is 8.53. The maximum Gasteiger partial charge on any atom is 0.357 e. The molecule has 0 aliphatic heterocycles.